The quantitative estimate of drug-likeness (QED) is 0.493. The molecular formula is C22H29N7O3. The summed E-state index contributed by atoms with van der Waals surface area (Å²) in [6, 6.07) is 0.469. The molecule has 1 fully saturated rings. The Labute approximate surface area is 186 Å². The van der Waals surface area contributed by atoms with Crippen LogP contribution < -0.4 is 15.8 Å². The minimum atomic E-state index is -1.16. The molecule has 0 amide bonds. The molecule has 4 heterocycles. The van der Waals surface area contributed by atoms with Crippen LogP contribution in [0.2, 0.25) is 0 Å². The van der Waals surface area contributed by atoms with Gasteiger partial charge in [-0.3, -0.25) is 0 Å². The molecule has 0 aliphatic carbocycles. The molecule has 1 aliphatic rings. The highest BCUT2D eigenvalue weighted by molar-refractivity contribution is 5.89. The molecule has 4 N–H and O–H groups in total. The first-order valence-electron chi connectivity index (χ1n) is 11.0. The van der Waals surface area contributed by atoms with E-state index in [2.05, 4.69) is 32.5 Å². The third kappa shape index (κ3) is 4.69. The Balaban J connectivity index is 1.75. The summed E-state index contributed by atoms with van der Waals surface area (Å²) in [7, 11) is 0. The summed E-state index contributed by atoms with van der Waals surface area (Å²) in [5.41, 5.74) is 6.86. The normalized spacial score (nSPS) is 16.7. The van der Waals surface area contributed by atoms with Crippen molar-refractivity contribution in [2.24, 2.45) is 0 Å². The number of aliphatic hydroxyl groups is 1. The molecule has 1 aliphatic heterocycles. The van der Waals surface area contributed by atoms with Gasteiger partial charge in [0.05, 0.1) is 12.8 Å². The summed E-state index contributed by atoms with van der Waals surface area (Å²) in [5, 5.41) is 21.2. The van der Waals surface area contributed by atoms with E-state index in [-0.39, 0.29) is 5.82 Å². The number of rotatable bonds is 6. The third-order valence-electron chi connectivity index (χ3n) is 5.40. The van der Waals surface area contributed by atoms with E-state index in [4.69, 9.17) is 20.1 Å². The first-order chi connectivity index (χ1) is 15.4. The topological polar surface area (TPSA) is 137 Å². The molecule has 32 heavy (non-hydrogen) atoms. The minimum absolute atomic E-state index is 0.151. The van der Waals surface area contributed by atoms with E-state index in [0.717, 1.165) is 24.9 Å². The van der Waals surface area contributed by atoms with Crippen LogP contribution in [-0.4, -0.2) is 54.7 Å². The fourth-order valence-electron chi connectivity index (χ4n) is 3.84. The highest BCUT2D eigenvalue weighted by Crippen LogP contribution is 2.33. The lowest BCUT2D eigenvalue weighted by atomic mass is 10.0. The zero-order chi connectivity index (χ0) is 22.7. The van der Waals surface area contributed by atoms with E-state index in [1.54, 1.807) is 20.0 Å². The fourth-order valence-corrected chi connectivity index (χ4v) is 3.84. The Morgan fingerprint density at radius 3 is 2.88 bits per heavy atom. The van der Waals surface area contributed by atoms with E-state index in [9.17, 15) is 5.11 Å². The van der Waals surface area contributed by atoms with Crippen molar-refractivity contribution in [1.82, 2.24) is 30.2 Å². The number of aromatic nitrogens is 5. The number of hydrogen-bond donors (Lipinski definition) is 3. The number of nitrogens with two attached hydrogens (primary N) is 1. The molecule has 1 saturated heterocycles. The van der Waals surface area contributed by atoms with Crippen molar-refractivity contribution >= 4 is 16.9 Å². The number of nitrogen functional groups attached to an aromatic ring is 1. The third-order valence-corrected chi connectivity index (χ3v) is 5.40. The summed E-state index contributed by atoms with van der Waals surface area (Å²) >= 11 is 0. The summed E-state index contributed by atoms with van der Waals surface area (Å²) in [6.45, 7) is 7.43. The van der Waals surface area contributed by atoms with E-state index in [1.807, 2.05) is 11.5 Å². The molecule has 170 valence electrons. The molecular weight excluding hydrogens is 410 g/mol. The van der Waals surface area contributed by atoms with Crippen molar-refractivity contribution < 1.29 is 14.5 Å². The number of hydrogen-bond acceptors (Lipinski definition) is 9. The van der Waals surface area contributed by atoms with Crippen LogP contribution in [0.25, 0.3) is 22.6 Å². The largest absolute Gasteiger partial charge is 0.490 e. The summed E-state index contributed by atoms with van der Waals surface area (Å²) < 4.78 is 12.9. The Morgan fingerprint density at radius 1 is 1.38 bits per heavy atom. The predicted octanol–water partition coefficient (Wildman–Crippen LogP) is 2.12. The molecule has 4 rings (SSSR count). The number of fused-ring (bicyclic) bond motifs is 1. The van der Waals surface area contributed by atoms with Gasteiger partial charge >= 0.3 is 0 Å². The van der Waals surface area contributed by atoms with Crippen LogP contribution >= 0.6 is 0 Å². The van der Waals surface area contributed by atoms with Crippen molar-refractivity contribution in [3.05, 3.63) is 11.9 Å². The molecule has 0 unspecified atom stereocenters. The number of aryl methyl sites for hydroxylation is 1. The Kier molecular flexibility index (Phi) is 6.30. The minimum Gasteiger partial charge on any atom is -0.490 e. The summed E-state index contributed by atoms with van der Waals surface area (Å²) in [6.07, 6.45) is 6.21. The maximum Gasteiger partial charge on any atom is 0.199 e. The van der Waals surface area contributed by atoms with Crippen LogP contribution in [0.1, 0.15) is 52.1 Å². The fraction of sp³-hybridized carbons (Fsp3) is 0.545. The Hall–Kier alpha value is -3.16. The van der Waals surface area contributed by atoms with Crippen LogP contribution in [0.3, 0.4) is 0 Å². The molecule has 3 aromatic rings. The summed E-state index contributed by atoms with van der Waals surface area (Å²) in [4.78, 5) is 9.20. The lowest BCUT2D eigenvalue weighted by Crippen LogP contribution is -2.35. The van der Waals surface area contributed by atoms with E-state index >= 15 is 0 Å². The highest BCUT2D eigenvalue weighted by atomic mass is 16.6. The zero-order valence-corrected chi connectivity index (χ0v) is 18.7. The van der Waals surface area contributed by atoms with Crippen LogP contribution in [0.5, 0.6) is 5.75 Å². The van der Waals surface area contributed by atoms with Crippen LogP contribution in [0.4, 0.5) is 5.82 Å². The number of imidazole rings is 1. The molecule has 3 aromatic heterocycles. The smallest absolute Gasteiger partial charge is 0.199 e. The molecule has 0 bridgehead atoms. The molecule has 0 radical (unpaired) electrons. The second-order valence-corrected chi connectivity index (χ2v) is 8.44. The molecule has 10 heteroatoms. The molecule has 0 saturated carbocycles. The van der Waals surface area contributed by atoms with Crippen molar-refractivity contribution in [2.75, 3.05) is 18.9 Å². The summed E-state index contributed by atoms with van der Waals surface area (Å²) in [5.74, 6) is 7.01. The number of anilines is 1. The maximum atomic E-state index is 10.0. The number of nitrogens with one attached hydrogen (secondary N) is 1. The van der Waals surface area contributed by atoms with Crippen LogP contribution in [0, 0.1) is 11.8 Å². The van der Waals surface area contributed by atoms with Gasteiger partial charge in [-0.05, 0) is 62.8 Å². The van der Waals surface area contributed by atoms with Gasteiger partial charge in [-0.25, -0.2) is 14.6 Å². The van der Waals surface area contributed by atoms with Crippen LogP contribution in [0.15, 0.2) is 10.8 Å². The number of pyridine rings is 1. The Morgan fingerprint density at radius 2 is 2.22 bits per heavy atom. The number of nitrogens with zero attached hydrogens (tertiary/aromatic N) is 5. The van der Waals surface area contributed by atoms with Crippen molar-refractivity contribution in [3.8, 4) is 29.1 Å². The first kappa shape index (κ1) is 22.0. The van der Waals surface area contributed by atoms with E-state index in [1.165, 1.54) is 12.8 Å². The lowest BCUT2D eigenvalue weighted by molar-refractivity contribution is 0.143. The standard InChI is InChI=1S/C22H29N7O3/c1-4-29-19-16(31-12-9-14-7-5-6-11-24-14)13-25-15(8-10-22(2,3)30)17(19)26-21(29)18-20(23)28-32-27-18/h13-14,24,30H,4-7,9,11-12H2,1-3H3,(H2,23,28)/t14-/m0/s1. The molecule has 1 atom stereocenters. The van der Waals surface area contributed by atoms with Gasteiger partial charge in [0.1, 0.15) is 22.3 Å². The predicted molar refractivity (Wildman–Crippen MR) is 120 cm³/mol. The van der Waals surface area contributed by atoms with Gasteiger partial charge in [-0.15, -0.1) is 0 Å². The van der Waals surface area contributed by atoms with Gasteiger partial charge in [-0.2, -0.15) is 0 Å². The Bertz CT molecular complexity index is 1140. The number of ether oxygens (including phenoxy) is 1. The monoisotopic (exact) mass is 439 g/mol. The van der Waals surface area contributed by atoms with Gasteiger partial charge in [0.25, 0.3) is 0 Å². The highest BCUT2D eigenvalue weighted by Gasteiger charge is 2.23. The average molecular weight is 440 g/mol. The van der Waals surface area contributed by atoms with Gasteiger partial charge < -0.3 is 25.5 Å². The van der Waals surface area contributed by atoms with E-state index in [0.29, 0.717) is 47.7 Å². The van der Waals surface area contributed by atoms with Gasteiger partial charge in [0.2, 0.25) is 0 Å². The van der Waals surface area contributed by atoms with Crippen molar-refractivity contribution in [2.45, 2.75) is 64.6 Å². The number of piperidine rings is 1. The van der Waals surface area contributed by atoms with Crippen LogP contribution in [-0.2, 0) is 6.54 Å². The second-order valence-electron chi connectivity index (χ2n) is 8.44. The lowest BCUT2D eigenvalue weighted by Gasteiger charge is -2.23. The second kappa shape index (κ2) is 9.14. The first-order valence-corrected chi connectivity index (χ1v) is 11.0. The zero-order valence-electron chi connectivity index (χ0n) is 18.7. The van der Waals surface area contributed by atoms with E-state index < -0.39 is 5.60 Å². The molecule has 0 aromatic carbocycles. The maximum absolute atomic E-state index is 10.0. The van der Waals surface area contributed by atoms with Gasteiger partial charge in [0.15, 0.2) is 23.1 Å². The molecule has 0 spiro atoms. The molecule has 10 nitrogen and oxygen atoms in total. The SMILES string of the molecule is CCn1c(-c2nonc2N)nc2c(C#CC(C)(C)O)ncc(OCC[C@@H]3CCCCN3)c21. The van der Waals surface area contributed by atoms with Crippen molar-refractivity contribution in [3.63, 3.8) is 0 Å². The van der Waals surface area contributed by atoms with Gasteiger partial charge in [-0.1, -0.05) is 12.3 Å². The van der Waals surface area contributed by atoms with Gasteiger partial charge in [0, 0.05) is 12.6 Å². The van der Waals surface area contributed by atoms with Crippen molar-refractivity contribution in [1.29, 1.82) is 0 Å². The average Bonchev–Trinajstić information content (AvgIpc) is 3.36.